The Hall–Kier alpha value is -1.19. The predicted octanol–water partition coefficient (Wildman–Crippen LogP) is 3.35. The zero-order valence-electron chi connectivity index (χ0n) is 9.42. The maximum Gasteiger partial charge on any atom is 0.131 e. The first-order chi connectivity index (χ1) is 7.68. The molecule has 84 valence electrons. The van der Waals surface area contributed by atoms with Gasteiger partial charge in [0.05, 0.1) is 0 Å². The molecule has 0 saturated carbocycles. The first-order valence-corrected chi connectivity index (χ1v) is 6.23. The third-order valence-corrected chi connectivity index (χ3v) is 3.43. The van der Waals surface area contributed by atoms with Crippen molar-refractivity contribution >= 4 is 11.3 Å². The van der Waals surface area contributed by atoms with Crippen LogP contribution in [0.1, 0.15) is 42.0 Å². The topological polar surface area (TPSA) is 33.1 Å². The van der Waals surface area contributed by atoms with Crippen molar-refractivity contribution in [2.75, 3.05) is 0 Å². The van der Waals surface area contributed by atoms with Crippen LogP contribution >= 0.6 is 11.3 Å². The van der Waals surface area contributed by atoms with Crippen LogP contribution in [-0.4, -0.2) is 10.1 Å². The van der Waals surface area contributed by atoms with Gasteiger partial charge in [-0.2, -0.15) is 0 Å². The number of nitrogens with zero attached hydrogens (tertiary/aromatic N) is 1. The second-order valence-electron chi connectivity index (χ2n) is 4.09. The van der Waals surface area contributed by atoms with Crippen LogP contribution < -0.4 is 0 Å². The first kappa shape index (κ1) is 11.3. The van der Waals surface area contributed by atoms with E-state index in [0.717, 1.165) is 10.6 Å². The Morgan fingerprint density at radius 3 is 2.25 bits per heavy atom. The van der Waals surface area contributed by atoms with E-state index < -0.39 is 6.10 Å². The molecule has 1 N–H and O–H groups in total. The van der Waals surface area contributed by atoms with Crippen molar-refractivity contribution in [3.63, 3.8) is 0 Å². The molecule has 1 aromatic heterocycles. The Kier molecular flexibility index (Phi) is 3.36. The molecule has 0 spiro atoms. The zero-order valence-corrected chi connectivity index (χ0v) is 10.2. The van der Waals surface area contributed by atoms with E-state index in [2.05, 4.69) is 31.0 Å². The molecule has 0 aliphatic heterocycles. The van der Waals surface area contributed by atoms with Crippen LogP contribution in [0.3, 0.4) is 0 Å². The molecule has 2 rings (SSSR count). The number of benzene rings is 1. The Bertz CT molecular complexity index is 433. The minimum atomic E-state index is -0.596. The SMILES string of the molecule is CC(C)c1ccc(C(O)c2nccs2)cc1. The van der Waals surface area contributed by atoms with Gasteiger partial charge in [0.2, 0.25) is 0 Å². The number of hydrogen-bond donors (Lipinski definition) is 1. The number of aromatic nitrogens is 1. The third-order valence-electron chi connectivity index (χ3n) is 2.60. The lowest BCUT2D eigenvalue weighted by atomic mass is 10.0. The lowest BCUT2D eigenvalue weighted by molar-refractivity contribution is 0.220. The summed E-state index contributed by atoms with van der Waals surface area (Å²) in [6.45, 7) is 4.32. The summed E-state index contributed by atoms with van der Waals surface area (Å²) in [5.74, 6) is 0.519. The van der Waals surface area contributed by atoms with Crippen LogP contribution in [0.25, 0.3) is 0 Å². The van der Waals surface area contributed by atoms with Crippen LogP contribution in [0.4, 0.5) is 0 Å². The van der Waals surface area contributed by atoms with E-state index in [4.69, 9.17) is 0 Å². The summed E-state index contributed by atoms with van der Waals surface area (Å²) in [6.07, 6.45) is 1.12. The second-order valence-corrected chi connectivity index (χ2v) is 5.02. The Morgan fingerprint density at radius 1 is 1.12 bits per heavy atom. The highest BCUT2D eigenvalue weighted by atomic mass is 32.1. The smallest absolute Gasteiger partial charge is 0.131 e. The molecular formula is C13H15NOS. The molecule has 1 aromatic carbocycles. The molecule has 0 saturated heterocycles. The number of thiazole rings is 1. The fourth-order valence-electron chi connectivity index (χ4n) is 1.58. The lowest BCUT2D eigenvalue weighted by Crippen LogP contribution is -1.99. The van der Waals surface area contributed by atoms with E-state index in [-0.39, 0.29) is 0 Å². The third kappa shape index (κ3) is 2.31. The summed E-state index contributed by atoms with van der Waals surface area (Å²) in [4.78, 5) is 4.12. The molecule has 2 nitrogen and oxygen atoms in total. The van der Waals surface area contributed by atoms with Crippen molar-refractivity contribution in [3.05, 3.63) is 52.0 Å². The van der Waals surface area contributed by atoms with E-state index in [0.29, 0.717) is 5.92 Å². The normalized spacial score (nSPS) is 13.0. The fraction of sp³-hybridized carbons (Fsp3) is 0.308. The highest BCUT2D eigenvalue weighted by molar-refractivity contribution is 7.09. The Labute approximate surface area is 99.6 Å². The second kappa shape index (κ2) is 4.76. The predicted molar refractivity (Wildman–Crippen MR) is 66.7 cm³/mol. The van der Waals surface area contributed by atoms with E-state index in [1.54, 1.807) is 6.20 Å². The molecule has 2 aromatic rings. The summed E-state index contributed by atoms with van der Waals surface area (Å²) in [6, 6.07) is 8.08. The summed E-state index contributed by atoms with van der Waals surface area (Å²) in [5.41, 5.74) is 2.19. The number of aliphatic hydroxyl groups excluding tert-OH is 1. The zero-order chi connectivity index (χ0) is 11.5. The standard InChI is InChI=1S/C13H15NOS/c1-9(2)10-3-5-11(6-4-10)12(15)13-14-7-8-16-13/h3-9,12,15H,1-2H3. The van der Waals surface area contributed by atoms with Crippen LogP contribution in [-0.2, 0) is 0 Å². The quantitative estimate of drug-likeness (QED) is 0.882. The Morgan fingerprint density at radius 2 is 1.75 bits per heavy atom. The average Bonchev–Trinajstić information content (AvgIpc) is 2.81. The van der Waals surface area contributed by atoms with Gasteiger partial charge >= 0.3 is 0 Å². The van der Waals surface area contributed by atoms with Gasteiger partial charge in [-0.1, -0.05) is 38.1 Å². The van der Waals surface area contributed by atoms with Crippen LogP contribution in [0, 0.1) is 0 Å². The molecule has 16 heavy (non-hydrogen) atoms. The molecule has 1 unspecified atom stereocenters. The van der Waals surface area contributed by atoms with Gasteiger partial charge in [0.1, 0.15) is 11.1 Å². The highest BCUT2D eigenvalue weighted by Gasteiger charge is 2.12. The van der Waals surface area contributed by atoms with E-state index in [1.807, 2.05) is 17.5 Å². The van der Waals surface area contributed by atoms with Crippen molar-refractivity contribution in [2.45, 2.75) is 25.9 Å². The largest absolute Gasteiger partial charge is 0.381 e. The summed E-state index contributed by atoms with van der Waals surface area (Å²) in [7, 11) is 0. The van der Waals surface area contributed by atoms with Gasteiger partial charge < -0.3 is 5.11 Å². The van der Waals surface area contributed by atoms with Gasteiger partial charge in [-0.05, 0) is 17.0 Å². The monoisotopic (exact) mass is 233 g/mol. The van der Waals surface area contributed by atoms with E-state index in [9.17, 15) is 5.11 Å². The minimum Gasteiger partial charge on any atom is -0.381 e. The van der Waals surface area contributed by atoms with Crippen molar-refractivity contribution in [2.24, 2.45) is 0 Å². The van der Waals surface area contributed by atoms with Crippen LogP contribution in [0.15, 0.2) is 35.8 Å². The maximum atomic E-state index is 10.1. The molecule has 0 aliphatic rings. The van der Waals surface area contributed by atoms with Crippen molar-refractivity contribution in [3.8, 4) is 0 Å². The summed E-state index contributed by atoms with van der Waals surface area (Å²) in [5, 5.41) is 12.7. The number of rotatable bonds is 3. The molecular weight excluding hydrogens is 218 g/mol. The fourth-order valence-corrected chi connectivity index (χ4v) is 2.22. The Balaban J connectivity index is 2.22. The number of aliphatic hydroxyl groups is 1. The first-order valence-electron chi connectivity index (χ1n) is 5.36. The van der Waals surface area contributed by atoms with Crippen molar-refractivity contribution in [1.82, 2.24) is 4.98 Å². The summed E-state index contributed by atoms with van der Waals surface area (Å²) >= 11 is 1.48. The van der Waals surface area contributed by atoms with Crippen LogP contribution in [0.5, 0.6) is 0 Å². The van der Waals surface area contributed by atoms with Gasteiger partial charge in [0.25, 0.3) is 0 Å². The molecule has 1 atom stereocenters. The van der Waals surface area contributed by atoms with Crippen molar-refractivity contribution < 1.29 is 5.11 Å². The molecule has 0 radical (unpaired) electrons. The molecule has 1 heterocycles. The molecule has 0 aliphatic carbocycles. The lowest BCUT2D eigenvalue weighted by Gasteiger charge is -2.10. The highest BCUT2D eigenvalue weighted by Crippen LogP contribution is 2.25. The maximum absolute atomic E-state index is 10.1. The van der Waals surface area contributed by atoms with E-state index >= 15 is 0 Å². The number of hydrogen-bond acceptors (Lipinski definition) is 3. The van der Waals surface area contributed by atoms with Gasteiger partial charge in [-0.15, -0.1) is 11.3 Å². The summed E-state index contributed by atoms with van der Waals surface area (Å²) < 4.78 is 0. The molecule has 3 heteroatoms. The van der Waals surface area contributed by atoms with Gasteiger partial charge in [-0.3, -0.25) is 0 Å². The minimum absolute atomic E-state index is 0.519. The average molecular weight is 233 g/mol. The van der Waals surface area contributed by atoms with Gasteiger partial charge in [-0.25, -0.2) is 4.98 Å². The van der Waals surface area contributed by atoms with Gasteiger partial charge in [0, 0.05) is 11.6 Å². The van der Waals surface area contributed by atoms with Gasteiger partial charge in [0.15, 0.2) is 0 Å². The molecule has 0 fully saturated rings. The van der Waals surface area contributed by atoms with E-state index in [1.165, 1.54) is 16.9 Å². The van der Waals surface area contributed by atoms with Crippen LogP contribution in [0.2, 0.25) is 0 Å². The van der Waals surface area contributed by atoms with Crippen molar-refractivity contribution in [1.29, 1.82) is 0 Å². The molecule has 0 bridgehead atoms. The molecule has 0 amide bonds.